The summed E-state index contributed by atoms with van der Waals surface area (Å²) in [5.41, 5.74) is -1.45. The molecular weight excluding hydrogens is 400 g/mol. The molecule has 1 fully saturated rings. The first-order valence-corrected chi connectivity index (χ1v) is 9.94. The second-order valence-corrected chi connectivity index (χ2v) is 8.40. The van der Waals surface area contributed by atoms with E-state index in [-0.39, 0.29) is 17.6 Å². The summed E-state index contributed by atoms with van der Waals surface area (Å²) >= 11 is 0. The summed E-state index contributed by atoms with van der Waals surface area (Å²) in [5, 5.41) is 0.308. The summed E-state index contributed by atoms with van der Waals surface area (Å²) in [5.74, 6) is -0.366. The fourth-order valence-electron chi connectivity index (χ4n) is 4.61. The van der Waals surface area contributed by atoms with Crippen molar-refractivity contribution < 1.29 is 28.2 Å². The first kappa shape index (κ1) is 19.4. The quantitative estimate of drug-likeness (QED) is 0.587. The van der Waals surface area contributed by atoms with Crippen LogP contribution in [0.3, 0.4) is 0 Å². The van der Waals surface area contributed by atoms with E-state index in [1.165, 1.54) is 13.0 Å². The van der Waals surface area contributed by atoms with Gasteiger partial charge < -0.3 is 18.6 Å². The van der Waals surface area contributed by atoms with Gasteiger partial charge in [-0.3, -0.25) is 14.4 Å². The molecule has 2 atom stereocenters. The molecule has 5 rings (SSSR count). The lowest BCUT2D eigenvalue weighted by atomic mass is 9.73. The number of fused-ring (bicyclic) bond motifs is 4. The van der Waals surface area contributed by atoms with Crippen LogP contribution in [0.25, 0.3) is 22.3 Å². The molecule has 0 bridgehead atoms. The molecule has 1 unspecified atom stereocenters. The van der Waals surface area contributed by atoms with Crippen LogP contribution in [0.1, 0.15) is 26.3 Å². The number of carbonyl (C=O) groups is 2. The molecule has 7 nitrogen and oxygen atoms in total. The van der Waals surface area contributed by atoms with Gasteiger partial charge in [0, 0.05) is 18.6 Å². The lowest BCUT2D eigenvalue weighted by Gasteiger charge is -2.30. The number of hydrogen-bond acceptors (Lipinski definition) is 7. The van der Waals surface area contributed by atoms with Crippen molar-refractivity contribution in [2.45, 2.75) is 37.9 Å². The van der Waals surface area contributed by atoms with Gasteiger partial charge in [0.05, 0.1) is 10.9 Å². The third kappa shape index (κ3) is 2.69. The molecule has 158 valence electrons. The molecule has 2 aromatic carbocycles. The van der Waals surface area contributed by atoms with Gasteiger partial charge in [-0.2, -0.15) is 0 Å². The number of cyclic esters (lactones) is 1. The number of carbonyl (C=O) groups excluding carboxylic acids is 2. The van der Waals surface area contributed by atoms with Crippen LogP contribution in [0.15, 0.2) is 57.7 Å². The zero-order valence-corrected chi connectivity index (χ0v) is 17.3. The minimum absolute atomic E-state index is 0.0824. The van der Waals surface area contributed by atoms with Gasteiger partial charge in [0.1, 0.15) is 29.3 Å². The van der Waals surface area contributed by atoms with Crippen molar-refractivity contribution in [3.63, 3.8) is 0 Å². The maximum Gasteiger partial charge on any atom is 0.325 e. The van der Waals surface area contributed by atoms with E-state index in [2.05, 4.69) is 0 Å². The fourth-order valence-corrected chi connectivity index (χ4v) is 4.61. The normalized spacial score (nSPS) is 23.5. The van der Waals surface area contributed by atoms with Gasteiger partial charge in [0.15, 0.2) is 16.9 Å². The highest BCUT2D eigenvalue weighted by atomic mass is 16.6. The highest BCUT2D eigenvalue weighted by Gasteiger charge is 2.68. The molecule has 3 aromatic rings. The Kier molecular flexibility index (Phi) is 4.02. The fraction of sp³-hybridized carbons (Fsp3) is 0.292. The Labute approximate surface area is 177 Å². The molecule has 3 heterocycles. The van der Waals surface area contributed by atoms with Gasteiger partial charge in [-0.25, -0.2) is 0 Å². The Morgan fingerprint density at radius 1 is 1.10 bits per heavy atom. The highest BCUT2D eigenvalue weighted by molar-refractivity contribution is 5.97. The Bertz CT molecular complexity index is 1290. The first-order chi connectivity index (χ1) is 14.7. The van der Waals surface area contributed by atoms with Gasteiger partial charge in [-0.05, 0) is 26.0 Å². The number of ether oxygens (including phenoxy) is 3. The van der Waals surface area contributed by atoms with Gasteiger partial charge in [-0.1, -0.05) is 30.3 Å². The van der Waals surface area contributed by atoms with Crippen LogP contribution >= 0.6 is 0 Å². The van der Waals surface area contributed by atoms with Gasteiger partial charge in [0.2, 0.25) is 0 Å². The van der Waals surface area contributed by atoms with Crippen LogP contribution in [-0.2, 0) is 24.5 Å². The third-order valence-electron chi connectivity index (χ3n) is 5.90. The van der Waals surface area contributed by atoms with E-state index in [9.17, 15) is 14.4 Å². The second kappa shape index (κ2) is 6.44. The van der Waals surface area contributed by atoms with Crippen molar-refractivity contribution in [3.05, 3.63) is 64.3 Å². The Morgan fingerprint density at radius 3 is 2.55 bits per heavy atom. The number of benzene rings is 2. The van der Waals surface area contributed by atoms with Crippen molar-refractivity contribution in [2.24, 2.45) is 0 Å². The molecule has 1 saturated heterocycles. The van der Waals surface area contributed by atoms with Crippen LogP contribution < -0.4 is 10.2 Å². The zero-order valence-electron chi connectivity index (χ0n) is 17.3. The van der Waals surface area contributed by atoms with E-state index in [1.54, 1.807) is 26.0 Å². The molecule has 0 aliphatic carbocycles. The van der Waals surface area contributed by atoms with Crippen molar-refractivity contribution in [3.8, 4) is 17.1 Å². The molecule has 2 aliphatic rings. The van der Waals surface area contributed by atoms with Crippen molar-refractivity contribution in [2.75, 3.05) is 6.61 Å². The summed E-state index contributed by atoms with van der Waals surface area (Å²) in [6.07, 6.45) is -0.956. The largest absolute Gasteiger partial charge is 0.491 e. The van der Waals surface area contributed by atoms with E-state index in [1.807, 2.05) is 30.3 Å². The smallest absolute Gasteiger partial charge is 0.325 e. The molecule has 0 saturated carbocycles. The Balaban J connectivity index is 1.82. The molecule has 0 amide bonds. The van der Waals surface area contributed by atoms with Crippen LogP contribution in [0, 0.1) is 0 Å². The van der Waals surface area contributed by atoms with Crippen LogP contribution in [0.4, 0.5) is 0 Å². The molecule has 7 heteroatoms. The van der Waals surface area contributed by atoms with E-state index >= 15 is 0 Å². The topological polar surface area (TPSA) is 92.0 Å². The van der Waals surface area contributed by atoms with E-state index in [0.29, 0.717) is 22.5 Å². The maximum atomic E-state index is 13.2. The summed E-state index contributed by atoms with van der Waals surface area (Å²) < 4.78 is 23.3. The molecule has 1 aromatic heterocycles. The third-order valence-corrected chi connectivity index (χ3v) is 5.90. The SMILES string of the molecule is CC(=O)OC1C(C)(C)OC(=O)[C@]12COc1ccc3c(=O)cc(-c4ccccc4)oc3c12. The van der Waals surface area contributed by atoms with Gasteiger partial charge >= 0.3 is 11.9 Å². The maximum absolute atomic E-state index is 13.2. The molecule has 2 aliphatic heterocycles. The molecule has 31 heavy (non-hydrogen) atoms. The molecular formula is C24H20O7. The van der Waals surface area contributed by atoms with Crippen LogP contribution in [-0.4, -0.2) is 30.3 Å². The number of rotatable bonds is 2. The summed E-state index contributed by atoms with van der Waals surface area (Å²) in [6.45, 7) is 4.56. The minimum Gasteiger partial charge on any atom is -0.491 e. The predicted molar refractivity (Wildman–Crippen MR) is 111 cm³/mol. The monoisotopic (exact) mass is 420 g/mol. The average Bonchev–Trinajstić information content (AvgIpc) is 3.20. The Hall–Kier alpha value is -3.61. The average molecular weight is 420 g/mol. The summed E-state index contributed by atoms with van der Waals surface area (Å²) in [4.78, 5) is 38.1. The first-order valence-electron chi connectivity index (χ1n) is 9.94. The lowest BCUT2D eigenvalue weighted by molar-refractivity contribution is -0.158. The van der Waals surface area contributed by atoms with E-state index in [4.69, 9.17) is 18.6 Å². The van der Waals surface area contributed by atoms with Crippen molar-refractivity contribution >= 4 is 22.9 Å². The lowest BCUT2D eigenvalue weighted by Crippen LogP contribution is -2.50. The van der Waals surface area contributed by atoms with Crippen molar-refractivity contribution in [1.82, 2.24) is 0 Å². The standard InChI is InChI=1S/C24H20O7/c1-13(25)29-21-23(2,3)31-22(27)24(21)12-28-17-10-9-15-16(26)11-18(30-20(15)19(17)24)14-7-5-4-6-8-14/h4-11,21H,12H2,1-3H3/t21?,24-/m0/s1. The van der Waals surface area contributed by atoms with E-state index in [0.717, 1.165) is 5.56 Å². The van der Waals surface area contributed by atoms with E-state index < -0.39 is 29.1 Å². The second-order valence-electron chi connectivity index (χ2n) is 8.40. The summed E-state index contributed by atoms with van der Waals surface area (Å²) in [7, 11) is 0. The highest BCUT2D eigenvalue weighted by Crippen LogP contribution is 2.53. The molecule has 0 N–H and O–H groups in total. The number of hydrogen-bond donors (Lipinski definition) is 0. The van der Waals surface area contributed by atoms with Crippen LogP contribution in [0.5, 0.6) is 5.75 Å². The minimum atomic E-state index is -1.44. The van der Waals surface area contributed by atoms with Gasteiger partial charge in [-0.15, -0.1) is 0 Å². The van der Waals surface area contributed by atoms with Crippen LogP contribution in [0.2, 0.25) is 0 Å². The Morgan fingerprint density at radius 2 is 1.84 bits per heavy atom. The number of esters is 2. The predicted octanol–water partition coefficient (Wildman–Crippen LogP) is 3.36. The summed E-state index contributed by atoms with van der Waals surface area (Å²) in [6, 6.07) is 13.9. The van der Waals surface area contributed by atoms with Gasteiger partial charge in [0.25, 0.3) is 0 Å². The molecule has 1 spiro atoms. The zero-order chi connectivity index (χ0) is 22.0. The van der Waals surface area contributed by atoms with Crippen molar-refractivity contribution in [1.29, 1.82) is 0 Å². The molecule has 0 radical (unpaired) electrons.